The Hall–Kier alpha value is -3.33. The largest absolute Gasteiger partial charge is 0.465 e. The molecule has 0 bridgehead atoms. The Morgan fingerprint density at radius 2 is 2.05 bits per heavy atom. The number of nitrogen functional groups attached to an aromatic ring is 1. The lowest BCUT2D eigenvalue weighted by Gasteiger charge is -2.32. The van der Waals surface area contributed by atoms with E-state index in [2.05, 4.69) is 24.9 Å². The maximum atomic E-state index is 13.8. The van der Waals surface area contributed by atoms with Gasteiger partial charge in [-0.3, -0.25) is 13.9 Å². The van der Waals surface area contributed by atoms with Crippen molar-refractivity contribution in [3.63, 3.8) is 0 Å². The highest BCUT2D eigenvalue weighted by atomic mass is 31.2. The van der Waals surface area contributed by atoms with Crippen LogP contribution >= 0.6 is 7.75 Å². The number of anilines is 2. The number of nitrogens with zero attached hydrogens (tertiary/aromatic N) is 5. The number of esters is 1. The number of hydrogen-bond donors (Lipinski definition) is 4. The number of rotatable bonds is 11. The molecule has 15 nitrogen and oxygen atoms in total. The summed E-state index contributed by atoms with van der Waals surface area (Å²) in [7, 11) is -4.18. The Morgan fingerprint density at radius 3 is 2.71 bits per heavy atom. The van der Waals surface area contributed by atoms with Gasteiger partial charge in [0.15, 0.2) is 23.2 Å². The van der Waals surface area contributed by atoms with Crippen molar-refractivity contribution in [2.45, 2.75) is 57.2 Å². The van der Waals surface area contributed by atoms with Crippen molar-refractivity contribution in [2.24, 2.45) is 5.73 Å². The highest BCUT2D eigenvalue weighted by molar-refractivity contribution is 7.52. The van der Waals surface area contributed by atoms with Crippen molar-refractivity contribution in [1.82, 2.24) is 24.6 Å². The summed E-state index contributed by atoms with van der Waals surface area (Å²) in [6.07, 6.45) is -0.673. The molecule has 5 rings (SSSR count). The predicted molar refractivity (Wildman–Crippen MR) is 149 cm³/mol. The summed E-state index contributed by atoms with van der Waals surface area (Å²) in [5.41, 5.74) is 12.2. The molecule has 3 aromatic rings. The maximum Gasteiger partial charge on any atom is 0.459 e. The number of carbonyl (C=O) groups is 1. The monoisotopic (exact) mass is 590 g/mol. The molecule has 0 amide bonds. The predicted octanol–water partition coefficient (Wildman–Crippen LogP) is 1.34. The van der Waals surface area contributed by atoms with Gasteiger partial charge in [0.2, 0.25) is 5.95 Å². The van der Waals surface area contributed by atoms with Crippen LogP contribution in [0, 0.1) is 0 Å². The van der Waals surface area contributed by atoms with Crippen LogP contribution in [0.4, 0.5) is 11.8 Å². The van der Waals surface area contributed by atoms with Gasteiger partial charge >= 0.3 is 13.7 Å². The molecule has 2 fully saturated rings. The quantitative estimate of drug-likeness (QED) is 0.184. The van der Waals surface area contributed by atoms with Crippen LogP contribution in [-0.2, 0) is 23.4 Å². The molecule has 4 heterocycles. The van der Waals surface area contributed by atoms with Crippen LogP contribution in [0.15, 0.2) is 36.7 Å². The second-order valence-corrected chi connectivity index (χ2v) is 11.9. The second kappa shape index (κ2) is 11.5. The lowest BCUT2D eigenvalue weighted by molar-refractivity contribution is -0.144. The minimum atomic E-state index is -4.18. The number of nitrogens with two attached hydrogens (primary N) is 2. The molecule has 6 N–H and O–H groups in total. The number of nitrogens with one attached hydrogen (secondary N) is 1. The van der Waals surface area contributed by atoms with Crippen molar-refractivity contribution in [3.05, 3.63) is 36.7 Å². The van der Waals surface area contributed by atoms with Crippen LogP contribution in [0.2, 0.25) is 0 Å². The van der Waals surface area contributed by atoms with Crippen LogP contribution in [0.25, 0.3) is 11.2 Å². The highest BCUT2D eigenvalue weighted by Gasteiger charge is 2.53. The Morgan fingerprint density at radius 1 is 1.32 bits per heavy atom. The zero-order chi connectivity index (χ0) is 29.4. The molecule has 16 heteroatoms. The number of aromatic nitrogens is 4. The minimum absolute atomic E-state index is 0.0686. The van der Waals surface area contributed by atoms with E-state index in [4.69, 9.17) is 30.0 Å². The third kappa shape index (κ3) is 5.87. The fraction of sp³-hybridized carbons (Fsp3) is 0.520. The summed E-state index contributed by atoms with van der Waals surface area (Å²) in [5, 5.41) is 13.8. The molecule has 0 saturated carbocycles. The maximum absolute atomic E-state index is 13.8. The standard InChI is InChI=1S/C25H35N8O7P/c1-4-37-22(35)15(2)31-41(36,40-16-9-6-5-7-10-16)38-13-17-19(34)25(3,27)23(39-17)33-14-28-18-20(32-11-8-12-32)29-24(26)30-21(18)33/h5-7,9-10,14-15,17,19,23,34H,4,8,11-13,27H2,1-3H3,(H,31,36)(H2,26,29,30)/t15-,17+,19+,23+,25+,41?/m0/s1. The number of ether oxygens (including phenoxy) is 2. The minimum Gasteiger partial charge on any atom is -0.465 e. The zero-order valence-electron chi connectivity index (χ0n) is 23.0. The van der Waals surface area contributed by atoms with Gasteiger partial charge in [-0.2, -0.15) is 15.1 Å². The molecule has 2 aromatic heterocycles. The molecular formula is C25H35N8O7P. The van der Waals surface area contributed by atoms with Gasteiger partial charge in [0, 0.05) is 13.1 Å². The van der Waals surface area contributed by atoms with Crippen molar-refractivity contribution in [2.75, 3.05) is 36.9 Å². The average Bonchev–Trinajstić information content (AvgIpc) is 3.40. The Labute approximate surface area is 236 Å². The van der Waals surface area contributed by atoms with Gasteiger partial charge in [0.1, 0.15) is 24.0 Å². The molecule has 0 spiro atoms. The molecule has 1 unspecified atom stereocenters. The number of hydrogen-bond acceptors (Lipinski definition) is 13. The number of carbonyl (C=O) groups excluding carboxylic acids is 1. The average molecular weight is 591 g/mol. The Balaban J connectivity index is 1.37. The molecular weight excluding hydrogens is 555 g/mol. The topological polar surface area (TPSA) is 202 Å². The SMILES string of the molecule is CCOC(=O)[C@H](C)NP(=O)(OC[C@H]1O[C@@H](n2cnc3c(N4CCC4)nc(N)nc32)[C@](C)(N)[C@@H]1O)Oc1ccccc1. The molecule has 1 aromatic carbocycles. The van der Waals surface area contributed by atoms with Crippen LogP contribution < -0.4 is 26.0 Å². The van der Waals surface area contributed by atoms with Crippen molar-refractivity contribution in [1.29, 1.82) is 0 Å². The molecule has 2 aliphatic heterocycles. The molecule has 41 heavy (non-hydrogen) atoms. The first-order valence-corrected chi connectivity index (χ1v) is 14.9. The van der Waals surface area contributed by atoms with E-state index in [0.29, 0.717) is 17.0 Å². The summed E-state index contributed by atoms with van der Waals surface area (Å²) in [4.78, 5) is 27.5. The third-order valence-corrected chi connectivity index (χ3v) is 8.67. The molecule has 222 valence electrons. The van der Waals surface area contributed by atoms with E-state index in [-0.39, 0.29) is 24.9 Å². The first-order valence-electron chi connectivity index (χ1n) is 13.3. The number of aliphatic hydroxyl groups is 1. The van der Waals surface area contributed by atoms with Crippen LogP contribution in [-0.4, -0.2) is 80.7 Å². The summed E-state index contributed by atoms with van der Waals surface area (Å²) < 4.78 is 38.0. The lowest BCUT2D eigenvalue weighted by Crippen LogP contribution is -2.52. The summed E-state index contributed by atoms with van der Waals surface area (Å²) in [6.45, 7) is 6.18. The molecule has 6 atom stereocenters. The fourth-order valence-corrected chi connectivity index (χ4v) is 6.21. The lowest BCUT2D eigenvalue weighted by atomic mass is 9.93. The highest BCUT2D eigenvalue weighted by Crippen LogP contribution is 2.47. The molecule has 0 radical (unpaired) electrons. The first kappa shape index (κ1) is 29.2. The van der Waals surface area contributed by atoms with Gasteiger partial charge in [-0.1, -0.05) is 18.2 Å². The van der Waals surface area contributed by atoms with Crippen molar-refractivity contribution >= 4 is 36.6 Å². The third-order valence-electron chi connectivity index (χ3n) is 7.02. The number of imidazole rings is 1. The van der Waals surface area contributed by atoms with Gasteiger partial charge < -0.3 is 35.5 Å². The van der Waals surface area contributed by atoms with Gasteiger partial charge in [-0.05, 0) is 39.3 Å². The van der Waals surface area contributed by atoms with Crippen LogP contribution in [0.5, 0.6) is 5.75 Å². The number of aliphatic hydroxyl groups excluding tert-OH is 1. The molecule has 0 aliphatic carbocycles. The summed E-state index contributed by atoms with van der Waals surface area (Å²) in [6, 6.07) is 7.32. The fourth-order valence-electron chi connectivity index (χ4n) is 4.71. The van der Waals surface area contributed by atoms with E-state index in [9.17, 15) is 14.5 Å². The van der Waals surface area contributed by atoms with Gasteiger partial charge in [0.25, 0.3) is 0 Å². The Kier molecular flexibility index (Phi) is 8.19. The molecule has 2 aliphatic rings. The zero-order valence-corrected chi connectivity index (χ0v) is 23.9. The normalized spacial score (nSPS) is 26.4. The number of para-hydroxylation sites is 1. The Bertz CT molecular complexity index is 1430. The smallest absolute Gasteiger partial charge is 0.459 e. The summed E-state index contributed by atoms with van der Waals surface area (Å²) >= 11 is 0. The van der Waals surface area contributed by atoms with Crippen LogP contribution in [0.3, 0.4) is 0 Å². The van der Waals surface area contributed by atoms with E-state index in [0.717, 1.165) is 19.5 Å². The van der Waals surface area contributed by atoms with E-state index < -0.39 is 43.7 Å². The molecule has 2 saturated heterocycles. The van der Waals surface area contributed by atoms with E-state index in [1.807, 2.05) is 0 Å². The first-order chi connectivity index (χ1) is 19.5. The van der Waals surface area contributed by atoms with Crippen molar-refractivity contribution in [3.8, 4) is 5.75 Å². The van der Waals surface area contributed by atoms with Crippen LogP contribution in [0.1, 0.15) is 33.4 Å². The number of fused-ring (bicyclic) bond motifs is 1. The van der Waals surface area contributed by atoms with Gasteiger partial charge in [-0.25, -0.2) is 9.55 Å². The summed E-state index contributed by atoms with van der Waals surface area (Å²) in [5.74, 6) is 0.300. The second-order valence-electron chi connectivity index (χ2n) is 10.2. The van der Waals surface area contributed by atoms with E-state index in [1.165, 1.54) is 13.3 Å². The van der Waals surface area contributed by atoms with Gasteiger partial charge in [-0.15, -0.1) is 0 Å². The number of benzene rings is 1. The van der Waals surface area contributed by atoms with E-state index >= 15 is 0 Å². The van der Waals surface area contributed by atoms with E-state index in [1.54, 1.807) is 48.7 Å². The van der Waals surface area contributed by atoms with Gasteiger partial charge in [0.05, 0.1) is 25.1 Å². The van der Waals surface area contributed by atoms with Crippen molar-refractivity contribution < 1.29 is 33.0 Å².